The second-order valence-electron chi connectivity index (χ2n) is 8.04. The highest BCUT2D eigenvalue weighted by atomic mass is 35.5. The fourth-order valence-corrected chi connectivity index (χ4v) is 4.35. The predicted octanol–water partition coefficient (Wildman–Crippen LogP) is 5.14. The van der Waals surface area contributed by atoms with Gasteiger partial charge in [0.1, 0.15) is 6.04 Å². The minimum Gasteiger partial charge on any atom is -0.352 e. The van der Waals surface area contributed by atoms with Crippen LogP contribution in [0, 0.1) is 0 Å². The van der Waals surface area contributed by atoms with Gasteiger partial charge in [-0.2, -0.15) is 0 Å². The van der Waals surface area contributed by atoms with Crippen LogP contribution in [0.25, 0.3) is 0 Å². The predicted molar refractivity (Wildman–Crippen MR) is 121 cm³/mol. The van der Waals surface area contributed by atoms with E-state index in [0.717, 1.165) is 36.8 Å². The first-order valence-corrected chi connectivity index (χ1v) is 11.3. The van der Waals surface area contributed by atoms with E-state index in [1.54, 1.807) is 11.0 Å². The molecule has 0 unspecified atom stereocenters. The lowest BCUT2D eigenvalue weighted by Crippen LogP contribution is -2.52. The smallest absolute Gasteiger partial charge is 0.243 e. The zero-order chi connectivity index (χ0) is 21.3. The van der Waals surface area contributed by atoms with Crippen molar-refractivity contribution in [3.05, 3.63) is 70.7 Å². The van der Waals surface area contributed by atoms with Crippen molar-refractivity contribution in [2.24, 2.45) is 0 Å². The number of nitrogens with one attached hydrogen (secondary N) is 1. The normalized spacial score (nSPS) is 15.4. The number of hydrogen-bond donors (Lipinski definition) is 1. The van der Waals surface area contributed by atoms with Crippen LogP contribution in [0.2, 0.25) is 5.02 Å². The van der Waals surface area contributed by atoms with Gasteiger partial charge in [0.25, 0.3) is 0 Å². The molecule has 0 radical (unpaired) electrons. The monoisotopic (exact) mass is 426 g/mol. The Morgan fingerprint density at radius 3 is 2.37 bits per heavy atom. The molecule has 4 nitrogen and oxygen atoms in total. The Morgan fingerprint density at radius 2 is 1.70 bits per heavy atom. The molecule has 0 saturated heterocycles. The SMILES string of the molecule is CC[C@H](C(=O)NC1CCCCC1)N(Cc1ccccc1)C(=O)Cc1ccccc1Cl. The molecular weight excluding hydrogens is 396 g/mol. The Kier molecular flexibility index (Phi) is 8.32. The van der Waals surface area contributed by atoms with Crippen LogP contribution in [0.1, 0.15) is 56.6 Å². The minimum atomic E-state index is -0.498. The molecule has 2 amide bonds. The number of carbonyl (C=O) groups excluding carboxylic acids is 2. The number of halogens is 1. The van der Waals surface area contributed by atoms with Crippen LogP contribution in [0.4, 0.5) is 0 Å². The van der Waals surface area contributed by atoms with Crippen molar-refractivity contribution >= 4 is 23.4 Å². The van der Waals surface area contributed by atoms with Gasteiger partial charge in [0.05, 0.1) is 6.42 Å². The molecule has 1 aliphatic rings. The molecule has 3 rings (SSSR count). The first kappa shape index (κ1) is 22.4. The summed E-state index contributed by atoms with van der Waals surface area (Å²) in [6.07, 6.45) is 6.34. The van der Waals surface area contributed by atoms with Gasteiger partial charge in [-0.15, -0.1) is 0 Å². The van der Waals surface area contributed by atoms with Gasteiger partial charge in [0.15, 0.2) is 0 Å². The Bertz CT molecular complexity index is 834. The molecule has 0 bridgehead atoms. The highest BCUT2D eigenvalue weighted by molar-refractivity contribution is 6.31. The van der Waals surface area contributed by atoms with Crippen LogP contribution in [0.5, 0.6) is 0 Å². The van der Waals surface area contributed by atoms with Crippen molar-refractivity contribution in [1.29, 1.82) is 0 Å². The third kappa shape index (κ3) is 6.09. The van der Waals surface area contributed by atoms with Gasteiger partial charge in [-0.1, -0.05) is 86.3 Å². The van der Waals surface area contributed by atoms with Gasteiger partial charge in [-0.25, -0.2) is 0 Å². The first-order chi connectivity index (χ1) is 14.6. The largest absolute Gasteiger partial charge is 0.352 e. The van der Waals surface area contributed by atoms with E-state index in [1.165, 1.54) is 6.42 Å². The van der Waals surface area contributed by atoms with E-state index in [-0.39, 0.29) is 24.3 Å². The highest BCUT2D eigenvalue weighted by Gasteiger charge is 2.30. The summed E-state index contributed by atoms with van der Waals surface area (Å²) in [6.45, 7) is 2.37. The van der Waals surface area contributed by atoms with Crippen molar-refractivity contribution in [2.75, 3.05) is 0 Å². The van der Waals surface area contributed by atoms with Gasteiger partial charge in [0, 0.05) is 17.6 Å². The van der Waals surface area contributed by atoms with E-state index in [2.05, 4.69) is 5.32 Å². The van der Waals surface area contributed by atoms with Crippen LogP contribution in [-0.4, -0.2) is 28.8 Å². The van der Waals surface area contributed by atoms with E-state index < -0.39 is 6.04 Å². The Balaban J connectivity index is 1.79. The van der Waals surface area contributed by atoms with Crippen LogP contribution in [0.3, 0.4) is 0 Å². The number of amides is 2. The maximum atomic E-state index is 13.4. The molecule has 2 aromatic rings. The van der Waals surface area contributed by atoms with Crippen molar-refractivity contribution in [1.82, 2.24) is 10.2 Å². The molecule has 2 aromatic carbocycles. The Hall–Kier alpha value is -2.33. The van der Waals surface area contributed by atoms with Crippen LogP contribution in [-0.2, 0) is 22.6 Å². The van der Waals surface area contributed by atoms with E-state index >= 15 is 0 Å². The summed E-state index contributed by atoms with van der Waals surface area (Å²) in [5.41, 5.74) is 1.79. The Labute approximate surface area is 184 Å². The summed E-state index contributed by atoms with van der Waals surface area (Å²) in [5.74, 6) is -0.134. The summed E-state index contributed by atoms with van der Waals surface area (Å²) in [6, 6.07) is 16.9. The molecule has 30 heavy (non-hydrogen) atoms. The van der Waals surface area contributed by atoms with Crippen LogP contribution >= 0.6 is 11.6 Å². The van der Waals surface area contributed by atoms with Gasteiger partial charge >= 0.3 is 0 Å². The Morgan fingerprint density at radius 1 is 1.03 bits per heavy atom. The van der Waals surface area contributed by atoms with Gasteiger partial charge in [-0.3, -0.25) is 9.59 Å². The van der Waals surface area contributed by atoms with Gasteiger partial charge in [-0.05, 0) is 36.5 Å². The highest BCUT2D eigenvalue weighted by Crippen LogP contribution is 2.21. The summed E-state index contributed by atoms with van der Waals surface area (Å²) in [4.78, 5) is 28.2. The maximum Gasteiger partial charge on any atom is 0.243 e. The molecular formula is C25H31ClN2O2. The van der Waals surface area contributed by atoms with Crippen molar-refractivity contribution in [2.45, 2.75) is 70.5 Å². The fourth-order valence-electron chi connectivity index (χ4n) is 4.15. The van der Waals surface area contributed by atoms with E-state index in [0.29, 0.717) is 18.0 Å². The number of carbonyl (C=O) groups is 2. The number of nitrogens with zero attached hydrogens (tertiary/aromatic N) is 1. The lowest BCUT2D eigenvalue weighted by Gasteiger charge is -2.33. The summed E-state index contributed by atoms with van der Waals surface area (Å²) >= 11 is 6.29. The molecule has 1 N–H and O–H groups in total. The van der Waals surface area contributed by atoms with Crippen molar-refractivity contribution in [3.63, 3.8) is 0 Å². The third-order valence-corrected chi connectivity index (χ3v) is 6.20. The van der Waals surface area contributed by atoms with Crippen LogP contribution < -0.4 is 5.32 Å². The molecule has 5 heteroatoms. The standard InChI is InChI=1S/C25H31ClN2O2/c1-2-23(25(30)27-21-14-7-4-8-15-21)28(18-19-11-5-3-6-12-19)24(29)17-20-13-9-10-16-22(20)26/h3,5-6,9-13,16,21,23H,2,4,7-8,14-15,17-18H2,1H3,(H,27,30)/t23-/m1/s1. The second kappa shape index (κ2) is 11.2. The topological polar surface area (TPSA) is 49.4 Å². The molecule has 0 aromatic heterocycles. The number of hydrogen-bond acceptors (Lipinski definition) is 2. The molecule has 0 heterocycles. The molecule has 1 aliphatic carbocycles. The van der Waals surface area contributed by atoms with Crippen molar-refractivity contribution in [3.8, 4) is 0 Å². The molecule has 1 fully saturated rings. The molecule has 0 aliphatic heterocycles. The van der Waals surface area contributed by atoms with Crippen LogP contribution in [0.15, 0.2) is 54.6 Å². The van der Waals surface area contributed by atoms with Gasteiger partial charge in [0.2, 0.25) is 11.8 Å². The van der Waals surface area contributed by atoms with Crippen molar-refractivity contribution < 1.29 is 9.59 Å². The molecule has 1 saturated carbocycles. The number of rotatable bonds is 8. The van der Waals surface area contributed by atoms with E-state index in [1.807, 2.05) is 55.5 Å². The average Bonchev–Trinajstić information content (AvgIpc) is 2.76. The second-order valence-corrected chi connectivity index (χ2v) is 8.45. The first-order valence-electron chi connectivity index (χ1n) is 11.0. The molecule has 160 valence electrons. The van der Waals surface area contributed by atoms with Gasteiger partial charge < -0.3 is 10.2 Å². The average molecular weight is 427 g/mol. The summed E-state index contributed by atoms with van der Waals surface area (Å²) in [5, 5.41) is 3.78. The quantitative estimate of drug-likeness (QED) is 0.635. The number of benzene rings is 2. The molecule has 1 atom stereocenters. The third-order valence-electron chi connectivity index (χ3n) is 5.83. The summed E-state index contributed by atoms with van der Waals surface area (Å²) < 4.78 is 0. The maximum absolute atomic E-state index is 13.4. The summed E-state index contributed by atoms with van der Waals surface area (Å²) in [7, 11) is 0. The van der Waals surface area contributed by atoms with E-state index in [4.69, 9.17) is 11.6 Å². The zero-order valence-electron chi connectivity index (χ0n) is 17.6. The molecule has 0 spiro atoms. The minimum absolute atomic E-state index is 0.0483. The fraction of sp³-hybridized carbons (Fsp3) is 0.440. The van der Waals surface area contributed by atoms with E-state index in [9.17, 15) is 9.59 Å². The lowest BCUT2D eigenvalue weighted by atomic mass is 9.95. The lowest BCUT2D eigenvalue weighted by molar-refractivity contribution is -0.141. The zero-order valence-corrected chi connectivity index (χ0v) is 18.4.